The number of anilines is 1. The van der Waals surface area contributed by atoms with E-state index in [9.17, 15) is 9.59 Å². The minimum absolute atomic E-state index is 0.0588. The molecule has 1 amide bonds. The minimum Gasteiger partial charge on any atom is -0.325 e. The first-order chi connectivity index (χ1) is 11.1. The monoisotopic (exact) mass is 329 g/mol. The molecule has 0 saturated carbocycles. The van der Waals surface area contributed by atoms with Crippen LogP contribution in [0.1, 0.15) is 29.7 Å². The SMILES string of the molecule is Cc1ccccc1NC(=O)CSc1nc2c(c(=O)[nH]1)CCCC2. The first-order valence-electron chi connectivity index (χ1n) is 7.74. The molecule has 3 rings (SSSR count). The summed E-state index contributed by atoms with van der Waals surface area (Å²) in [4.78, 5) is 31.4. The Morgan fingerprint density at radius 3 is 2.91 bits per heavy atom. The van der Waals surface area contributed by atoms with Crippen molar-refractivity contribution in [3.05, 3.63) is 51.4 Å². The number of rotatable bonds is 4. The number of H-pyrrole nitrogens is 1. The fourth-order valence-electron chi connectivity index (χ4n) is 2.68. The normalized spacial score (nSPS) is 13.4. The van der Waals surface area contributed by atoms with E-state index < -0.39 is 0 Å². The molecule has 0 spiro atoms. The molecule has 0 aliphatic heterocycles. The van der Waals surface area contributed by atoms with Gasteiger partial charge in [-0.2, -0.15) is 0 Å². The number of aromatic nitrogens is 2. The lowest BCUT2D eigenvalue weighted by Crippen LogP contribution is -2.22. The number of para-hydroxylation sites is 1. The van der Waals surface area contributed by atoms with Crippen LogP contribution in [0.25, 0.3) is 0 Å². The molecule has 0 fully saturated rings. The van der Waals surface area contributed by atoms with Gasteiger partial charge in [-0.15, -0.1) is 0 Å². The second-order valence-corrected chi connectivity index (χ2v) is 6.62. The van der Waals surface area contributed by atoms with E-state index in [-0.39, 0.29) is 17.2 Å². The lowest BCUT2D eigenvalue weighted by Gasteiger charge is -2.14. The van der Waals surface area contributed by atoms with Gasteiger partial charge in [-0.1, -0.05) is 30.0 Å². The van der Waals surface area contributed by atoms with E-state index in [1.165, 1.54) is 11.8 Å². The third-order valence-electron chi connectivity index (χ3n) is 3.93. The molecular formula is C17H19N3O2S. The topological polar surface area (TPSA) is 74.8 Å². The number of benzene rings is 1. The van der Waals surface area contributed by atoms with Crippen molar-refractivity contribution in [3.8, 4) is 0 Å². The summed E-state index contributed by atoms with van der Waals surface area (Å²) in [6.45, 7) is 1.95. The molecule has 0 saturated heterocycles. The Morgan fingerprint density at radius 1 is 1.30 bits per heavy atom. The number of hydrogen-bond acceptors (Lipinski definition) is 4. The Bertz CT molecular complexity index is 786. The van der Waals surface area contributed by atoms with E-state index in [0.29, 0.717) is 5.16 Å². The van der Waals surface area contributed by atoms with Crippen molar-refractivity contribution < 1.29 is 4.79 Å². The van der Waals surface area contributed by atoms with Crippen LogP contribution in [0.15, 0.2) is 34.2 Å². The average Bonchev–Trinajstić information content (AvgIpc) is 2.55. The molecule has 1 aromatic carbocycles. The molecule has 1 heterocycles. The Balaban J connectivity index is 1.64. The molecule has 5 nitrogen and oxygen atoms in total. The first-order valence-corrected chi connectivity index (χ1v) is 8.72. The molecule has 0 radical (unpaired) electrons. The highest BCUT2D eigenvalue weighted by Gasteiger charge is 2.16. The summed E-state index contributed by atoms with van der Waals surface area (Å²) in [5, 5.41) is 3.40. The zero-order valence-corrected chi connectivity index (χ0v) is 13.8. The molecule has 0 atom stereocenters. The van der Waals surface area contributed by atoms with Gasteiger partial charge in [0.1, 0.15) is 0 Å². The molecule has 1 aromatic heterocycles. The molecule has 0 unspecified atom stereocenters. The van der Waals surface area contributed by atoms with E-state index in [2.05, 4.69) is 15.3 Å². The number of carbonyl (C=O) groups is 1. The Kier molecular flexibility index (Phi) is 4.81. The molecule has 120 valence electrons. The number of aromatic amines is 1. The van der Waals surface area contributed by atoms with Crippen LogP contribution in [0.2, 0.25) is 0 Å². The first kappa shape index (κ1) is 15.8. The van der Waals surface area contributed by atoms with Gasteiger partial charge in [0.25, 0.3) is 5.56 Å². The molecular weight excluding hydrogens is 310 g/mol. The standard InChI is InChI=1S/C17H19N3O2S/c1-11-6-2-4-8-13(11)18-15(21)10-23-17-19-14-9-5-3-7-12(14)16(22)20-17/h2,4,6,8H,3,5,7,9-10H2,1H3,(H,18,21)(H,19,20,22). The fraction of sp³-hybridized carbons (Fsp3) is 0.353. The van der Waals surface area contributed by atoms with Crippen LogP contribution < -0.4 is 10.9 Å². The van der Waals surface area contributed by atoms with Gasteiger partial charge in [-0.05, 0) is 44.2 Å². The minimum atomic E-state index is -0.107. The zero-order valence-electron chi connectivity index (χ0n) is 13.0. The Morgan fingerprint density at radius 2 is 2.09 bits per heavy atom. The van der Waals surface area contributed by atoms with Crippen molar-refractivity contribution in [3.63, 3.8) is 0 Å². The van der Waals surface area contributed by atoms with Gasteiger partial charge in [0.2, 0.25) is 5.91 Å². The van der Waals surface area contributed by atoms with E-state index in [4.69, 9.17) is 0 Å². The molecule has 2 aromatic rings. The lowest BCUT2D eigenvalue weighted by molar-refractivity contribution is -0.113. The van der Waals surface area contributed by atoms with Crippen molar-refractivity contribution in [2.24, 2.45) is 0 Å². The number of thioether (sulfide) groups is 1. The highest BCUT2D eigenvalue weighted by atomic mass is 32.2. The van der Waals surface area contributed by atoms with Gasteiger partial charge in [0, 0.05) is 11.3 Å². The highest BCUT2D eigenvalue weighted by molar-refractivity contribution is 7.99. The van der Waals surface area contributed by atoms with Crippen molar-refractivity contribution in [1.82, 2.24) is 9.97 Å². The maximum atomic E-state index is 12.1. The van der Waals surface area contributed by atoms with Gasteiger partial charge in [0.15, 0.2) is 5.16 Å². The molecule has 23 heavy (non-hydrogen) atoms. The average molecular weight is 329 g/mol. The van der Waals surface area contributed by atoms with Crippen LogP contribution in [0.4, 0.5) is 5.69 Å². The summed E-state index contributed by atoms with van der Waals surface area (Å²) in [5.74, 6) is 0.112. The van der Waals surface area contributed by atoms with E-state index >= 15 is 0 Å². The number of nitrogens with zero attached hydrogens (tertiary/aromatic N) is 1. The van der Waals surface area contributed by atoms with Gasteiger partial charge in [0.05, 0.1) is 11.4 Å². The van der Waals surface area contributed by atoms with Crippen molar-refractivity contribution in [2.75, 3.05) is 11.1 Å². The number of carbonyl (C=O) groups excluding carboxylic acids is 1. The number of nitrogens with one attached hydrogen (secondary N) is 2. The van der Waals surface area contributed by atoms with Crippen LogP contribution in [-0.4, -0.2) is 21.6 Å². The Hall–Kier alpha value is -2.08. The summed E-state index contributed by atoms with van der Waals surface area (Å²) in [5.41, 5.74) is 3.47. The van der Waals surface area contributed by atoms with Gasteiger partial charge in [-0.3, -0.25) is 9.59 Å². The molecule has 0 bridgehead atoms. The van der Waals surface area contributed by atoms with E-state index in [0.717, 1.165) is 48.2 Å². The van der Waals surface area contributed by atoms with Crippen molar-refractivity contribution >= 4 is 23.4 Å². The van der Waals surface area contributed by atoms with E-state index in [1.54, 1.807) is 0 Å². The molecule has 6 heteroatoms. The predicted octanol–water partition coefficient (Wildman–Crippen LogP) is 2.69. The smallest absolute Gasteiger partial charge is 0.254 e. The van der Waals surface area contributed by atoms with Gasteiger partial charge >= 0.3 is 0 Å². The van der Waals surface area contributed by atoms with Crippen LogP contribution in [0.5, 0.6) is 0 Å². The number of fused-ring (bicyclic) bond motifs is 1. The maximum Gasteiger partial charge on any atom is 0.254 e. The number of aryl methyl sites for hydroxylation is 2. The number of hydrogen-bond donors (Lipinski definition) is 2. The summed E-state index contributed by atoms with van der Waals surface area (Å²) < 4.78 is 0. The third kappa shape index (κ3) is 3.82. The largest absolute Gasteiger partial charge is 0.325 e. The van der Waals surface area contributed by atoms with E-state index in [1.807, 2.05) is 31.2 Å². The molecule has 1 aliphatic rings. The second kappa shape index (κ2) is 7.00. The van der Waals surface area contributed by atoms with Crippen LogP contribution in [0, 0.1) is 6.92 Å². The summed E-state index contributed by atoms with van der Waals surface area (Å²) in [6.07, 6.45) is 3.77. The van der Waals surface area contributed by atoms with Crippen LogP contribution in [-0.2, 0) is 17.6 Å². The van der Waals surface area contributed by atoms with Gasteiger partial charge in [-0.25, -0.2) is 4.98 Å². The molecule has 1 aliphatic carbocycles. The molecule has 2 N–H and O–H groups in total. The zero-order chi connectivity index (χ0) is 16.2. The Labute approximate surface area is 138 Å². The second-order valence-electron chi connectivity index (χ2n) is 5.66. The highest BCUT2D eigenvalue weighted by Crippen LogP contribution is 2.20. The number of amides is 1. The quantitative estimate of drug-likeness (QED) is 0.668. The van der Waals surface area contributed by atoms with Gasteiger partial charge < -0.3 is 10.3 Å². The lowest BCUT2D eigenvalue weighted by atomic mass is 9.97. The maximum absolute atomic E-state index is 12.1. The summed E-state index contributed by atoms with van der Waals surface area (Å²) in [7, 11) is 0. The van der Waals surface area contributed by atoms with Crippen LogP contribution in [0.3, 0.4) is 0 Å². The third-order valence-corrected chi connectivity index (χ3v) is 4.80. The van der Waals surface area contributed by atoms with Crippen molar-refractivity contribution in [2.45, 2.75) is 37.8 Å². The van der Waals surface area contributed by atoms with Crippen molar-refractivity contribution in [1.29, 1.82) is 0 Å². The summed E-state index contributed by atoms with van der Waals surface area (Å²) >= 11 is 1.26. The van der Waals surface area contributed by atoms with Crippen LogP contribution >= 0.6 is 11.8 Å². The summed E-state index contributed by atoms with van der Waals surface area (Å²) in [6, 6.07) is 7.64. The predicted molar refractivity (Wildman–Crippen MR) is 92.0 cm³/mol. The fourth-order valence-corrected chi connectivity index (χ4v) is 3.36.